The average molecular weight is 333 g/mol. The molecule has 9 nitrogen and oxygen atoms in total. The number of nitrogens with zero attached hydrogens (tertiary/aromatic N) is 3. The van der Waals surface area contributed by atoms with Gasteiger partial charge < -0.3 is 15.3 Å². The van der Waals surface area contributed by atoms with Gasteiger partial charge in [-0.3, -0.25) is 14.7 Å². The average Bonchev–Trinajstić information content (AvgIpc) is 2.91. The number of H-pyrrole nitrogens is 1. The Morgan fingerprint density at radius 3 is 2.75 bits per heavy atom. The van der Waals surface area contributed by atoms with Crippen LogP contribution in [-0.2, 0) is 9.59 Å². The molecule has 0 bridgehead atoms. The summed E-state index contributed by atoms with van der Waals surface area (Å²) in [5, 5.41) is 19.3. The van der Waals surface area contributed by atoms with Gasteiger partial charge >= 0.3 is 5.97 Å². The molecular weight excluding hydrogens is 314 g/mol. The zero-order chi connectivity index (χ0) is 17.9. The molecule has 0 saturated carbocycles. The highest BCUT2D eigenvalue weighted by atomic mass is 16.4. The topological polar surface area (TPSA) is 128 Å². The molecule has 0 saturated heterocycles. The van der Waals surface area contributed by atoms with Crippen LogP contribution in [0.4, 0.5) is 0 Å². The number of aromatic amines is 1. The molecule has 1 unspecified atom stereocenters. The maximum atomic E-state index is 12.7. The van der Waals surface area contributed by atoms with Crippen molar-refractivity contribution in [2.45, 2.75) is 26.8 Å². The van der Waals surface area contributed by atoms with Gasteiger partial charge in [-0.15, -0.1) is 0 Å². The number of fused-ring (bicyclic) bond motifs is 1. The Bertz CT molecular complexity index is 785. The van der Waals surface area contributed by atoms with Crippen LogP contribution >= 0.6 is 0 Å². The zero-order valence-electron chi connectivity index (χ0n) is 13.7. The molecule has 2 aromatic rings. The second-order valence-corrected chi connectivity index (χ2v) is 5.44. The molecular formula is C15H19N5O4. The molecule has 1 atom stereocenters. The number of nitrogens with one attached hydrogen (secondary N) is 2. The molecule has 2 aromatic heterocycles. The van der Waals surface area contributed by atoms with Crippen molar-refractivity contribution < 1.29 is 19.5 Å². The maximum Gasteiger partial charge on any atom is 0.326 e. The third-order valence-corrected chi connectivity index (χ3v) is 3.66. The number of aryl methyl sites for hydroxylation is 1. The second kappa shape index (κ2) is 7.07. The molecule has 2 amide bonds. The van der Waals surface area contributed by atoms with Crippen LogP contribution in [0, 0.1) is 6.92 Å². The van der Waals surface area contributed by atoms with E-state index in [4.69, 9.17) is 0 Å². The summed E-state index contributed by atoms with van der Waals surface area (Å²) in [5.41, 5.74) is 1.52. The van der Waals surface area contributed by atoms with Crippen molar-refractivity contribution in [2.24, 2.45) is 0 Å². The van der Waals surface area contributed by atoms with E-state index in [2.05, 4.69) is 20.5 Å². The monoisotopic (exact) mass is 333 g/mol. The molecule has 3 N–H and O–H groups in total. The second-order valence-electron chi connectivity index (χ2n) is 5.44. The Labute approximate surface area is 138 Å². The molecule has 24 heavy (non-hydrogen) atoms. The number of pyridine rings is 1. The number of aliphatic carboxylic acids is 1. The summed E-state index contributed by atoms with van der Waals surface area (Å²) in [5.74, 6) is -1.84. The van der Waals surface area contributed by atoms with E-state index in [9.17, 15) is 19.5 Å². The van der Waals surface area contributed by atoms with Crippen molar-refractivity contribution in [3.05, 3.63) is 23.5 Å². The van der Waals surface area contributed by atoms with Crippen LogP contribution in [0.15, 0.2) is 12.3 Å². The fourth-order valence-corrected chi connectivity index (χ4v) is 2.26. The van der Waals surface area contributed by atoms with Crippen molar-refractivity contribution in [3.8, 4) is 0 Å². The fraction of sp³-hybridized carbons (Fsp3) is 0.400. The van der Waals surface area contributed by atoms with Crippen LogP contribution in [0.1, 0.15) is 29.9 Å². The first kappa shape index (κ1) is 17.4. The Morgan fingerprint density at radius 1 is 1.42 bits per heavy atom. The first-order valence-corrected chi connectivity index (χ1v) is 7.40. The third-order valence-electron chi connectivity index (χ3n) is 3.66. The molecule has 0 aliphatic heterocycles. The summed E-state index contributed by atoms with van der Waals surface area (Å²) in [6, 6.07) is 0.594. The van der Waals surface area contributed by atoms with Crippen molar-refractivity contribution in [1.82, 2.24) is 25.4 Å². The van der Waals surface area contributed by atoms with Crippen molar-refractivity contribution in [1.29, 1.82) is 0 Å². The highest BCUT2D eigenvalue weighted by molar-refractivity contribution is 5.99. The molecule has 0 radical (unpaired) electrons. The molecule has 9 heteroatoms. The van der Waals surface area contributed by atoms with E-state index in [1.54, 1.807) is 13.0 Å². The van der Waals surface area contributed by atoms with Gasteiger partial charge in [0.25, 0.3) is 5.91 Å². The van der Waals surface area contributed by atoms with E-state index in [1.165, 1.54) is 24.9 Å². The summed E-state index contributed by atoms with van der Waals surface area (Å²) >= 11 is 0. The molecule has 0 aliphatic rings. The number of carboxylic acid groups (broad SMARTS) is 1. The minimum atomic E-state index is -1.13. The number of carbonyl (C=O) groups is 3. The molecule has 0 spiro atoms. The lowest BCUT2D eigenvalue weighted by Crippen LogP contribution is -2.46. The van der Waals surface area contributed by atoms with Gasteiger partial charge in [-0.05, 0) is 19.9 Å². The Kier molecular flexibility index (Phi) is 5.12. The Balaban J connectivity index is 2.28. The van der Waals surface area contributed by atoms with Gasteiger partial charge in [0.05, 0.1) is 5.56 Å². The largest absolute Gasteiger partial charge is 0.480 e. The summed E-state index contributed by atoms with van der Waals surface area (Å²) in [4.78, 5) is 40.3. The van der Waals surface area contributed by atoms with Crippen molar-refractivity contribution in [2.75, 3.05) is 13.1 Å². The molecule has 2 rings (SSSR count). The van der Waals surface area contributed by atoms with Gasteiger partial charge in [0.15, 0.2) is 5.65 Å². The van der Waals surface area contributed by atoms with Gasteiger partial charge in [0, 0.05) is 37.3 Å². The number of carbonyl (C=O) groups excluding carboxylic acids is 2. The van der Waals surface area contributed by atoms with E-state index in [-0.39, 0.29) is 24.6 Å². The predicted octanol–water partition coefficient (Wildman–Crippen LogP) is 0.318. The fourth-order valence-electron chi connectivity index (χ4n) is 2.26. The van der Waals surface area contributed by atoms with Gasteiger partial charge in [0.1, 0.15) is 6.04 Å². The minimum Gasteiger partial charge on any atom is -0.480 e. The van der Waals surface area contributed by atoms with Gasteiger partial charge in [-0.1, -0.05) is 0 Å². The SMILES string of the molecule is CC(=O)NCCN(C(=O)c1cnc2n[nH]c(C)c2c1)C(C)C(=O)O. The number of amides is 2. The maximum absolute atomic E-state index is 12.7. The first-order valence-electron chi connectivity index (χ1n) is 7.40. The first-order chi connectivity index (χ1) is 11.3. The van der Waals surface area contributed by atoms with Crippen LogP contribution in [0.25, 0.3) is 11.0 Å². The quantitative estimate of drug-likeness (QED) is 0.698. The number of carboxylic acids is 1. The lowest BCUT2D eigenvalue weighted by molar-refractivity contribution is -0.141. The molecule has 2 heterocycles. The lowest BCUT2D eigenvalue weighted by Gasteiger charge is -2.26. The Hall–Kier alpha value is -2.97. The highest BCUT2D eigenvalue weighted by Crippen LogP contribution is 2.16. The number of hydrogen-bond acceptors (Lipinski definition) is 5. The molecule has 0 aliphatic carbocycles. The van der Waals surface area contributed by atoms with Crippen LogP contribution < -0.4 is 5.32 Å². The number of aromatic nitrogens is 3. The van der Waals surface area contributed by atoms with Crippen molar-refractivity contribution in [3.63, 3.8) is 0 Å². The zero-order valence-corrected chi connectivity index (χ0v) is 13.7. The Morgan fingerprint density at radius 2 is 2.12 bits per heavy atom. The van der Waals surface area contributed by atoms with E-state index in [1.807, 2.05) is 0 Å². The van der Waals surface area contributed by atoms with E-state index < -0.39 is 17.9 Å². The molecule has 0 aromatic carbocycles. The summed E-state index contributed by atoms with van der Waals surface area (Å²) in [6.45, 7) is 4.82. The van der Waals surface area contributed by atoms with Crippen LogP contribution in [0.5, 0.6) is 0 Å². The van der Waals surface area contributed by atoms with Crippen LogP contribution in [-0.4, -0.2) is 62.1 Å². The minimum absolute atomic E-state index is 0.0777. The summed E-state index contributed by atoms with van der Waals surface area (Å²) in [6.07, 6.45) is 1.37. The van der Waals surface area contributed by atoms with Crippen LogP contribution in [0.2, 0.25) is 0 Å². The molecule has 128 valence electrons. The van der Waals surface area contributed by atoms with E-state index >= 15 is 0 Å². The third kappa shape index (κ3) is 3.67. The lowest BCUT2D eigenvalue weighted by atomic mass is 10.1. The smallest absolute Gasteiger partial charge is 0.326 e. The molecule has 0 fully saturated rings. The standard InChI is InChI=1S/C15H19N5O4/c1-8-12-6-11(7-17-13(12)19-18-8)14(22)20(9(2)15(23)24)5-4-16-10(3)21/h6-7,9H,4-5H2,1-3H3,(H,16,21)(H,23,24)(H,17,18,19). The van der Waals surface area contributed by atoms with Crippen LogP contribution in [0.3, 0.4) is 0 Å². The summed E-state index contributed by atoms with van der Waals surface area (Å²) in [7, 11) is 0. The number of rotatable bonds is 6. The van der Waals surface area contributed by atoms with Gasteiger partial charge in [-0.2, -0.15) is 5.10 Å². The summed E-state index contributed by atoms with van der Waals surface area (Å²) < 4.78 is 0. The van der Waals surface area contributed by atoms with Gasteiger partial charge in [0.2, 0.25) is 5.91 Å². The number of hydrogen-bond donors (Lipinski definition) is 3. The predicted molar refractivity (Wildman–Crippen MR) is 85.4 cm³/mol. The van der Waals surface area contributed by atoms with E-state index in [0.717, 1.165) is 5.69 Å². The normalized spacial score (nSPS) is 12.0. The van der Waals surface area contributed by atoms with Crippen molar-refractivity contribution >= 4 is 28.8 Å². The highest BCUT2D eigenvalue weighted by Gasteiger charge is 2.26. The van der Waals surface area contributed by atoms with E-state index in [0.29, 0.717) is 11.0 Å². The van der Waals surface area contributed by atoms with Gasteiger partial charge in [-0.25, -0.2) is 9.78 Å².